The summed E-state index contributed by atoms with van der Waals surface area (Å²) in [6, 6.07) is 3.53. The first kappa shape index (κ1) is 19.3. The maximum absolute atomic E-state index is 12.7. The smallest absolute Gasteiger partial charge is 0.252 e. The standard InChI is InChI=1S/C17H25N3O4S2/c1-12(2)20-11-14(10-15(20)21)17(22)18-6-8-19(9-7-18)26(23,24)16-5-4-13(3)25-16/h4-5,12,14H,6-11H2,1-3H3. The van der Waals surface area contributed by atoms with Crippen molar-refractivity contribution in [3.63, 3.8) is 0 Å². The summed E-state index contributed by atoms with van der Waals surface area (Å²) >= 11 is 1.27. The molecule has 0 radical (unpaired) electrons. The van der Waals surface area contributed by atoms with Gasteiger partial charge in [-0.1, -0.05) is 0 Å². The molecule has 7 nitrogen and oxygen atoms in total. The zero-order valence-electron chi connectivity index (χ0n) is 15.3. The number of carbonyl (C=O) groups excluding carboxylic acids is 2. The van der Waals surface area contributed by atoms with Crippen molar-refractivity contribution >= 4 is 33.2 Å². The molecule has 0 bridgehead atoms. The number of aryl methyl sites for hydroxylation is 1. The fraction of sp³-hybridized carbons (Fsp3) is 0.647. The van der Waals surface area contributed by atoms with Crippen LogP contribution in [-0.4, -0.2) is 73.1 Å². The lowest BCUT2D eigenvalue weighted by atomic mass is 10.1. The highest BCUT2D eigenvalue weighted by Crippen LogP contribution is 2.26. The molecule has 0 aliphatic carbocycles. The van der Waals surface area contributed by atoms with Crippen LogP contribution in [0.25, 0.3) is 0 Å². The molecule has 2 fully saturated rings. The Morgan fingerprint density at radius 3 is 2.35 bits per heavy atom. The second-order valence-electron chi connectivity index (χ2n) is 7.14. The van der Waals surface area contributed by atoms with Crippen LogP contribution in [0.3, 0.4) is 0 Å². The Kier molecular flexibility index (Phi) is 5.41. The van der Waals surface area contributed by atoms with Gasteiger partial charge in [-0.2, -0.15) is 4.31 Å². The lowest BCUT2D eigenvalue weighted by Crippen LogP contribution is -2.52. The molecule has 1 aromatic heterocycles. The Balaban J connectivity index is 1.60. The number of amides is 2. The molecule has 1 atom stereocenters. The second kappa shape index (κ2) is 7.28. The van der Waals surface area contributed by atoms with Gasteiger partial charge >= 0.3 is 0 Å². The minimum absolute atomic E-state index is 0.0210. The van der Waals surface area contributed by atoms with E-state index in [0.717, 1.165) is 4.88 Å². The van der Waals surface area contributed by atoms with Crippen LogP contribution in [0.2, 0.25) is 0 Å². The molecule has 9 heteroatoms. The third kappa shape index (κ3) is 3.65. The fourth-order valence-electron chi connectivity index (χ4n) is 3.48. The number of piperazine rings is 1. The third-order valence-electron chi connectivity index (χ3n) is 4.99. The summed E-state index contributed by atoms with van der Waals surface area (Å²) in [6.07, 6.45) is 0.254. The van der Waals surface area contributed by atoms with Crippen LogP contribution in [0.4, 0.5) is 0 Å². The predicted molar refractivity (Wildman–Crippen MR) is 99.4 cm³/mol. The van der Waals surface area contributed by atoms with Gasteiger partial charge in [0.15, 0.2) is 0 Å². The number of thiophene rings is 1. The molecular formula is C17H25N3O4S2. The number of likely N-dealkylation sites (tertiary alicyclic amines) is 1. The summed E-state index contributed by atoms with van der Waals surface area (Å²) < 4.78 is 27.1. The van der Waals surface area contributed by atoms with Crippen LogP contribution in [0.1, 0.15) is 25.1 Å². The van der Waals surface area contributed by atoms with Gasteiger partial charge in [0.25, 0.3) is 10.0 Å². The van der Waals surface area contributed by atoms with Crippen molar-refractivity contribution in [3.05, 3.63) is 17.0 Å². The Labute approximate surface area is 158 Å². The van der Waals surface area contributed by atoms with Crippen LogP contribution >= 0.6 is 11.3 Å². The SMILES string of the molecule is Cc1ccc(S(=O)(=O)N2CCN(C(=O)C3CC(=O)N(C(C)C)C3)CC2)s1. The largest absolute Gasteiger partial charge is 0.340 e. The lowest BCUT2D eigenvalue weighted by molar-refractivity contribution is -0.137. The zero-order valence-corrected chi connectivity index (χ0v) is 17.0. The molecule has 2 aliphatic heterocycles. The number of nitrogens with zero attached hydrogens (tertiary/aromatic N) is 3. The molecule has 1 aromatic rings. The summed E-state index contributed by atoms with van der Waals surface area (Å²) in [4.78, 5) is 29.1. The van der Waals surface area contributed by atoms with E-state index in [1.54, 1.807) is 21.9 Å². The van der Waals surface area contributed by atoms with Crippen molar-refractivity contribution in [2.45, 2.75) is 37.4 Å². The molecule has 0 saturated carbocycles. The maximum atomic E-state index is 12.7. The molecule has 3 heterocycles. The quantitative estimate of drug-likeness (QED) is 0.761. The molecule has 2 aliphatic rings. The van der Waals surface area contributed by atoms with Crippen molar-refractivity contribution in [2.75, 3.05) is 32.7 Å². The Hall–Kier alpha value is -1.45. The average molecular weight is 400 g/mol. The van der Waals surface area contributed by atoms with Crippen LogP contribution in [-0.2, 0) is 19.6 Å². The fourth-order valence-corrected chi connectivity index (χ4v) is 6.34. The van der Waals surface area contributed by atoms with Gasteiger partial charge in [-0.05, 0) is 32.9 Å². The summed E-state index contributed by atoms with van der Waals surface area (Å²) in [7, 11) is -3.49. The first-order chi connectivity index (χ1) is 12.2. The molecule has 3 rings (SSSR count). The third-order valence-corrected chi connectivity index (χ3v) is 8.36. The van der Waals surface area contributed by atoms with Crippen LogP contribution < -0.4 is 0 Å². The molecule has 26 heavy (non-hydrogen) atoms. The van der Waals surface area contributed by atoms with Gasteiger partial charge in [-0.25, -0.2) is 8.42 Å². The van der Waals surface area contributed by atoms with E-state index in [4.69, 9.17) is 0 Å². The van der Waals surface area contributed by atoms with E-state index in [0.29, 0.717) is 36.9 Å². The number of rotatable bonds is 4. The average Bonchev–Trinajstić information content (AvgIpc) is 3.20. The Morgan fingerprint density at radius 2 is 1.85 bits per heavy atom. The molecule has 1 unspecified atom stereocenters. The van der Waals surface area contributed by atoms with E-state index in [-0.39, 0.29) is 30.2 Å². The minimum atomic E-state index is -3.49. The molecule has 2 saturated heterocycles. The first-order valence-electron chi connectivity index (χ1n) is 8.85. The van der Waals surface area contributed by atoms with E-state index in [9.17, 15) is 18.0 Å². The van der Waals surface area contributed by atoms with Crippen molar-refractivity contribution in [3.8, 4) is 0 Å². The van der Waals surface area contributed by atoms with Gasteiger partial charge in [0.2, 0.25) is 11.8 Å². The van der Waals surface area contributed by atoms with Crippen molar-refractivity contribution in [1.29, 1.82) is 0 Å². The van der Waals surface area contributed by atoms with E-state index in [2.05, 4.69) is 0 Å². The lowest BCUT2D eigenvalue weighted by Gasteiger charge is -2.35. The Bertz CT molecular complexity index is 795. The van der Waals surface area contributed by atoms with Gasteiger partial charge in [0.1, 0.15) is 4.21 Å². The minimum Gasteiger partial charge on any atom is -0.340 e. The molecule has 2 amide bonds. The van der Waals surface area contributed by atoms with E-state index >= 15 is 0 Å². The Morgan fingerprint density at radius 1 is 1.19 bits per heavy atom. The summed E-state index contributed by atoms with van der Waals surface area (Å²) in [5.74, 6) is -0.328. The zero-order chi connectivity index (χ0) is 19.1. The van der Waals surface area contributed by atoms with Crippen LogP contribution in [0.15, 0.2) is 16.3 Å². The summed E-state index contributed by atoms with van der Waals surface area (Å²) in [5.41, 5.74) is 0. The molecule has 0 N–H and O–H groups in total. The monoisotopic (exact) mass is 399 g/mol. The first-order valence-corrected chi connectivity index (χ1v) is 11.1. The molecular weight excluding hydrogens is 374 g/mol. The number of hydrogen-bond donors (Lipinski definition) is 0. The van der Waals surface area contributed by atoms with E-state index < -0.39 is 10.0 Å². The molecule has 0 spiro atoms. The van der Waals surface area contributed by atoms with Gasteiger partial charge < -0.3 is 9.80 Å². The predicted octanol–water partition coefficient (Wildman–Crippen LogP) is 1.15. The second-order valence-corrected chi connectivity index (χ2v) is 10.6. The van der Waals surface area contributed by atoms with Crippen molar-refractivity contribution < 1.29 is 18.0 Å². The van der Waals surface area contributed by atoms with Crippen LogP contribution in [0, 0.1) is 12.8 Å². The van der Waals surface area contributed by atoms with E-state index in [1.807, 2.05) is 20.8 Å². The highest BCUT2D eigenvalue weighted by atomic mass is 32.2. The maximum Gasteiger partial charge on any atom is 0.252 e. The molecule has 0 aromatic carbocycles. The summed E-state index contributed by atoms with van der Waals surface area (Å²) in [5, 5.41) is 0. The number of sulfonamides is 1. The van der Waals surface area contributed by atoms with Gasteiger partial charge in [0, 0.05) is 50.1 Å². The topological polar surface area (TPSA) is 78.0 Å². The number of hydrogen-bond acceptors (Lipinski definition) is 5. The molecule has 144 valence electrons. The van der Waals surface area contributed by atoms with Crippen molar-refractivity contribution in [1.82, 2.24) is 14.1 Å². The van der Waals surface area contributed by atoms with E-state index in [1.165, 1.54) is 15.6 Å². The normalized spacial score (nSPS) is 22.5. The van der Waals surface area contributed by atoms with Crippen molar-refractivity contribution in [2.24, 2.45) is 5.92 Å². The van der Waals surface area contributed by atoms with Gasteiger partial charge in [0.05, 0.1) is 5.92 Å². The van der Waals surface area contributed by atoms with Gasteiger partial charge in [-0.15, -0.1) is 11.3 Å². The number of carbonyl (C=O) groups is 2. The van der Waals surface area contributed by atoms with Crippen LogP contribution in [0.5, 0.6) is 0 Å². The highest BCUT2D eigenvalue weighted by Gasteiger charge is 2.39. The van der Waals surface area contributed by atoms with Gasteiger partial charge in [-0.3, -0.25) is 9.59 Å². The summed E-state index contributed by atoms with van der Waals surface area (Å²) in [6.45, 7) is 7.55. The highest BCUT2D eigenvalue weighted by molar-refractivity contribution is 7.91.